The van der Waals surface area contributed by atoms with E-state index in [-0.39, 0.29) is 18.9 Å². The fourth-order valence-corrected chi connectivity index (χ4v) is 4.31. The third-order valence-corrected chi connectivity index (χ3v) is 6.08. The highest BCUT2D eigenvalue weighted by Gasteiger charge is 2.29. The van der Waals surface area contributed by atoms with Gasteiger partial charge in [0.15, 0.2) is 0 Å². The van der Waals surface area contributed by atoms with Gasteiger partial charge in [-0.2, -0.15) is 0 Å². The maximum atomic E-state index is 12.4. The van der Waals surface area contributed by atoms with Crippen LogP contribution in [0.3, 0.4) is 0 Å². The standard InChI is InChI=1S/C24H20BrNO4/c25-21-12-6-1-7-15(21)13-22(23(27)28)26-24(29)30-14-20-18-10-4-2-8-16(18)17-9-3-5-11-19(17)20/h1-12,20,22H,13-14H2,(H,26,29)(H,27,28)/p-1/t22-/m1/s1. The molecule has 4 rings (SSSR count). The number of ether oxygens (including phenoxy) is 1. The third-order valence-electron chi connectivity index (χ3n) is 5.30. The summed E-state index contributed by atoms with van der Waals surface area (Å²) in [5.41, 5.74) is 5.20. The van der Waals surface area contributed by atoms with Gasteiger partial charge in [0.25, 0.3) is 0 Å². The highest BCUT2D eigenvalue weighted by molar-refractivity contribution is 9.10. The van der Waals surface area contributed by atoms with Crippen LogP contribution in [0.5, 0.6) is 0 Å². The van der Waals surface area contributed by atoms with Gasteiger partial charge in [0.05, 0.1) is 12.0 Å². The fourth-order valence-electron chi connectivity index (χ4n) is 3.86. The minimum Gasteiger partial charge on any atom is -0.548 e. The molecule has 3 aromatic carbocycles. The number of rotatable bonds is 6. The summed E-state index contributed by atoms with van der Waals surface area (Å²) in [4.78, 5) is 23.9. The number of alkyl carbamates (subject to hydrolysis) is 1. The molecule has 0 unspecified atom stereocenters. The van der Waals surface area contributed by atoms with Gasteiger partial charge in [0.2, 0.25) is 0 Å². The van der Waals surface area contributed by atoms with Crippen molar-refractivity contribution in [2.45, 2.75) is 18.4 Å². The molecular formula is C24H19BrNO4-. The van der Waals surface area contributed by atoms with Crippen molar-refractivity contribution in [1.29, 1.82) is 0 Å². The molecule has 0 saturated heterocycles. The molecular weight excluding hydrogens is 446 g/mol. The maximum Gasteiger partial charge on any atom is 0.407 e. The van der Waals surface area contributed by atoms with Crippen LogP contribution in [0.15, 0.2) is 77.3 Å². The summed E-state index contributed by atoms with van der Waals surface area (Å²) in [5.74, 6) is -1.45. The molecule has 0 aliphatic heterocycles. The minimum atomic E-state index is -1.36. The average molecular weight is 465 g/mol. The number of nitrogens with one attached hydrogen (secondary N) is 1. The van der Waals surface area contributed by atoms with Crippen molar-refractivity contribution in [1.82, 2.24) is 5.32 Å². The molecule has 0 spiro atoms. The topological polar surface area (TPSA) is 78.5 Å². The Hall–Kier alpha value is -3.12. The van der Waals surface area contributed by atoms with Gasteiger partial charge in [0.1, 0.15) is 6.61 Å². The second kappa shape index (κ2) is 8.71. The number of amides is 1. The summed E-state index contributed by atoms with van der Waals surface area (Å²) < 4.78 is 6.20. The maximum absolute atomic E-state index is 12.4. The van der Waals surface area contributed by atoms with Crippen LogP contribution in [0.25, 0.3) is 11.1 Å². The summed E-state index contributed by atoms with van der Waals surface area (Å²) in [6.07, 6.45) is -0.688. The van der Waals surface area contributed by atoms with Gasteiger partial charge in [0, 0.05) is 10.4 Å². The van der Waals surface area contributed by atoms with E-state index in [9.17, 15) is 14.7 Å². The Labute approximate surface area is 182 Å². The lowest BCUT2D eigenvalue weighted by atomic mass is 9.98. The molecule has 0 radical (unpaired) electrons. The summed E-state index contributed by atoms with van der Waals surface area (Å²) in [6.45, 7) is 0.120. The van der Waals surface area contributed by atoms with E-state index in [0.29, 0.717) is 0 Å². The summed E-state index contributed by atoms with van der Waals surface area (Å²) in [7, 11) is 0. The molecule has 0 heterocycles. The first-order valence-corrected chi connectivity index (χ1v) is 10.4. The first-order valence-electron chi connectivity index (χ1n) is 9.60. The zero-order valence-corrected chi connectivity index (χ0v) is 17.6. The lowest BCUT2D eigenvalue weighted by Gasteiger charge is -2.21. The predicted octanol–water partition coefficient (Wildman–Crippen LogP) is 3.65. The number of aliphatic carboxylic acids is 1. The van der Waals surface area contributed by atoms with Crippen molar-refractivity contribution in [2.75, 3.05) is 6.61 Å². The number of carbonyl (C=O) groups excluding carboxylic acids is 2. The second-order valence-electron chi connectivity index (χ2n) is 7.14. The molecule has 1 N–H and O–H groups in total. The molecule has 0 fully saturated rings. The first-order chi connectivity index (χ1) is 14.5. The zero-order valence-electron chi connectivity index (χ0n) is 16.0. The van der Waals surface area contributed by atoms with Crippen LogP contribution in [-0.4, -0.2) is 24.7 Å². The number of carboxylic acid groups (broad SMARTS) is 1. The van der Waals surface area contributed by atoms with E-state index in [1.165, 1.54) is 0 Å². The Morgan fingerprint density at radius 1 is 0.933 bits per heavy atom. The Bertz CT molecular complexity index is 1050. The number of carbonyl (C=O) groups is 2. The van der Waals surface area contributed by atoms with Crippen molar-refractivity contribution < 1.29 is 19.4 Å². The largest absolute Gasteiger partial charge is 0.548 e. The van der Waals surface area contributed by atoms with Crippen molar-refractivity contribution in [3.8, 4) is 11.1 Å². The lowest BCUT2D eigenvalue weighted by molar-refractivity contribution is -0.308. The summed E-state index contributed by atoms with van der Waals surface area (Å²) in [5, 5.41) is 14.0. The van der Waals surface area contributed by atoms with Crippen molar-refractivity contribution in [2.24, 2.45) is 0 Å². The molecule has 152 valence electrons. The zero-order chi connectivity index (χ0) is 21.1. The Morgan fingerprint density at radius 3 is 2.10 bits per heavy atom. The molecule has 3 aromatic rings. The van der Waals surface area contributed by atoms with E-state index in [0.717, 1.165) is 32.3 Å². The number of fused-ring (bicyclic) bond motifs is 3. The van der Waals surface area contributed by atoms with Gasteiger partial charge in [-0.25, -0.2) is 4.79 Å². The van der Waals surface area contributed by atoms with Crippen LogP contribution in [0.2, 0.25) is 0 Å². The van der Waals surface area contributed by atoms with E-state index in [1.807, 2.05) is 48.5 Å². The van der Waals surface area contributed by atoms with E-state index in [4.69, 9.17) is 4.74 Å². The van der Waals surface area contributed by atoms with Crippen molar-refractivity contribution in [3.05, 3.63) is 94.0 Å². The molecule has 5 nitrogen and oxygen atoms in total. The van der Waals surface area contributed by atoms with E-state index >= 15 is 0 Å². The Kier molecular flexibility index (Phi) is 5.86. The van der Waals surface area contributed by atoms with Crippen LogP contribution in [0.4, 0.5) is 4.79 Å². The monoisotopic (exact) mass is 464 g/mol. The lowest BCUT2D eigenvalue weighted by Crippen LogP contribution is -2.49. The summed E-state index contributed by atoms with van der Waals surface area (Å²) >= 11 is 3.39. The van der Waals surface area contributed by atoms with Crippen LogP contribution in [0.1, 0.15) is 22.6 Å². The first kappa shape index (κ1) is 20.2. The van der Waals surface area contributed by atoms with E-state index < -0.39 is 18.1 Å². The number of hydrogen-bond donors (Lipinski definition) is 1. The number of hydrogen-bond acceptors (Lipinski definition) is 4. The Balaban J connectivity index is 1.44. The van der Waals surface area contributed by atoms with E-state index in [1.54, 1.807) is 12.1 Å². The molecule has 1 aliphatic rings. The third kappa shape index (κ3) is 4.09. The van der Waals surface area contributed by atoms with Crippen molar-refractivity contribution >= 4 is 28.0 Å². The quantitative estimate of drug-likeness (QED) is 0.603. The fraction of sp³-hybridized carbons (Fsp3) is 0.167. The number of carboxylic acids is 1. The molecule has 1 amide bonds. The van der Waals surface area contributed by atoms with Crippen LogP contribution >= 0.6 is 15.9 Å². The minimum absolute atomic E-state index is 0.0900. The average Bonchev–Trinajstić information content (AvgIpc) is 3.07. The van der Waals surface area contributed by atoms with Gasteiger partial charge in [-0.3, -0.25) is 0 Å². The van der Waals surface area contributed by atoms with Gasteiger partial charge in [-0.15, -0.1) is 0 Å². The van der Waals surface area contributed by atoms with E-state index in [2.05, 4.69) is 33.4 Å². The Morgan fingerprint density at radius 2 is 1.50 bits per heavy atom. The van der Waals surface area contributed by atoms with Gasteiger partial charge in [-0.1, -0.05) is 82.7 Å². The number of halogens is 1. The van der Waals surface area contributed by atoms with Crippen LogP contribution in [-0.2, 0) is 16.0 Å². The predicted molar refractivity (Wildman–Crippen MR) is 115 cm³/mol. The summed E-state index contributed by atoms with van der Waals surface area (Å²) in [6, 6.07) is 22.1. The molecule has 0 saturated carbocycles. The second-order valence-corrected chi connectivity index (χ2v) is 7.99. The van der Waals surface area contributed by atoms with Crippen LogP contribution < -0.4 is 10.4 Å². The smallest absolute Gasteiger partial charge is 0.407 e. The normalized spacial score (nSPS) is 13.2. The molecule has 1 aliphatic carbocycles. The molecule has 30 heavy (non-hydrogen) atoms. The highest BCUT2D eigenvalue weighted by atomic mass is 79.9. The van der Waals surface area contributed by atoms with Gasteiger partial charge >= 0.3 is 6.09 Å². The SMILES string of the molecule is O=C(N[C@H](Cc1ccccc1Br)C(=O)[O-])OCC1c2ccccc2-c2ccccc21. The molecule has 0 aromatic heterocycles. The molecule has 0 bridgehead atoms. The van der Waals surface area contributed by atoms with Crippen LogP contribution in [0, 0.1) is 0 Å². The van der Waals surface area contributed by atoms with Gasteiger partial charge in [-0.05, 0) is 40.3 Å². The highest BCUT2D eigenvalue weighted by Crippen LogP contribution is 2.44. The van der Waals surface area contributed by atoms with Gasteiger partial charge < -0.3 is 20.0 Å². The van der Waals surface area contributed by atoms with Crippen molar-refractivity contribution in [3.63, 3.8) is 0 Å². The number of benzene rings is 3. The molecule has 1 atom stereocenters. The molecule has 6 heteroatoms.